The lowest BCUT2D eigenvalue weighted by Gasteiger charge is -2.19. The minimum absolute atomic E-state index is 0.0592. The molecule has 0 aliphatic heterocycles. The topological polar surface area (TPSA) is 64.4 Å². The molecule has 0 unspecified atom stereocenters. The fourth-order valence-electron chi connectivity index (χ4n) is 2.39. The lowest BCUT2D eigenvalue weighted by molar-refractivity contribution is -0.120. The van der Waals surface area contributed by atoms with Gasteiger partial charge in [-0.1, -0.05) is 38.1 Å². The van der Waals surface area contributed by atoms with Crippen molar-refractivity contribution in [3.63, 3.8) is 0 Å². The van der Waals surface area contributed by atoms with Crippen molar-refractivity contribution in [3.05, 3.63) is 46.8 Å². The van der Waals surface area contributed by atoms with Crippen LogP contribution < -0.4 is 10.1 Å². The highest BCUT2D eigenvalue weighted by molar-refractivity contribution is 5.78. The van der Waals surface area contributed by atoms with Gasteiger partial charge in [0.05, 0.1) is 18.7 Å². The van der Waals surface area contributed by atoms with Crippen LogP contribution in [0, 0.1) is 13.8 Å². The maximum Gasteiger partial charge on any atom is 0.224 e. The molecule has 0 fully saturated rings. The smallest absolute Gasteiger partial charge is 0.224 e. The number of amides is 1. The first-order valence-corrected chi connectivity index (χ1v) is 8.19. The summed E-state index contributed by atoms with van der Waals surface area (Å²) in [6.07, 6.45) is 0.279. The third-order valence-corrected chi connectivity index (χ3v) is 3.93. The molecule has 1 N–H and O–H groups in total. The molecule has 1 amide bonds. The Balaban J connectivity index is 1.74. The highest BCUT2D eigenvalue weighted by Crippen LogP contribution is 2.24. The molecule has 5 heteroatoms. The van der Waals surface area contributed by atoms with E-state index in [4.69, 9.17) is 9.26 Å². The quantitative estimate of drug-likeness (QED) is 0.825. The molecule has 0 spiro atoms. The van der Waals surface area contributed by atoms with E-state index in [1.54, 1.807) is 0 Å². The number of ether oxygens (including phenoxy) is 1. The maximum atomic E-state index is 11.9. The van der Waals surface area contributed by atoms with E-state index in [-0.39, 0.29) is 17.7 Å². The molecule has 0 saturated carbocycles. The molecular formula is C19H26N2O3. The first kappa shape index (κ1) is 18.0. The normalized spacial score (nSPS) is 11.4. The van der Waals surface area contributed by atoms with Crippen molar-refractivity contribution >= 4 is 5.91 Å². The number of aryl methyl sites for hydroxylation is 2. The van der Waals surface area contributed by atoms with Gasteiger partial charge in [0.15, 0.2) is 0 Å². The van der Waals surface area contributed by atoms with Crippen molar-refractivity contribution in [1.29, 1.82) is 0 Å². The van der Waals surface area contributed by atoms with Gasteiger partial charge in [-0.3, -0.25) is 4.79 Å². The first-order valence-electron chi connectivity index (χ1n) is 8.19. The molecule has 0 saturated heterocycles. The van der Waals surface area contributed by atoms with Gasteiger partial charge in [0.1, 0.15) is 18.1 Å². The summed E-state index contributed by atoms with van der Waals surface area (Å²) < 4.78 is 10.7. The van der Waals surface area contributed by atoms with Gasteiger partial charge in [-0.15, -0.1) is 0 Å². The Kier molecular flexibility index (Phi) is 5.65. The molecular weight excluding hydrogens is 304 g/mol. The summed E-state index contributed by atoms with van der Waals surface area (Å²) in [5.41, 5.74) is 3.01. The van der Waals surface area contributed by atoms with Crippen LogP contribution in [0.1, 0.15) is 43.4 Å². The number of nitrogens with zero attached hydrogens (tertiary/aromatic N) is 1. The molecule has 130 valence electrons. The molecule has 24 heavy (non-hydrogen) atoms. The van der Waals surface area contributed by atoms with Crippen molar-refractivity contribution in [1.82, 2.24) is 10.5 Å². The Hall–Kier alpha value is -2.30. The van der Waals surface area contributed by atoms with E-state index in [9.17, 15) is 4.79 Å². The van der Waals surface area contributed by atoms with Crippen molar-refractivity contribution in [3.8, 4) is 5.75 Å². The van der Waals surface area contributed by atoms with Gasteiger partial charge in [0.25, 0.3) is 0 Å². The Labute approximate surface area is 143 Å². The third-order valence-electron chi connectivity index (χ3n) is 3.93. The number of carbonyl (C=O) groups excluding carboxylic acids is 1. The van der Waals surface area contributed by atoms with Crippen molar-refractivity contribution < 1.29 is 14.1 Å². The lowest BCUT2D eigenvalue weighted by atomic mass is 9.87. The van der Waals surface area contributed by atoms with E-state index >= 15 is 0 Å². The second-order valence-corrected chi connectivity index (χ2v) is 6.95. The molecule has 1 aromatic carbocycles. The zero-order valence-corrected chi connectivity index (χ0v) is 15.1. The number of rotatable bonds is 6. The van der Waals surface area contributed by atoms with Gasteiger partial charge in [-0.25, -0.2) is 0 Å². The summed E-state index contributed by atoms with van der Waals surface area (Å²) in [6, 6.07) is 8.08. The van der Waals surface area contributed by atoms with Crippen LogP contribution in [-0.4, -0.2) is 24.2 Å². The van der Waals surface area contributed by atoms with Crippen LogP contribution in [0.15, 0.2) is 28.8 Å². The number of carbonyl (C=O) groups is 1. The number of hydrogen-bond acceptors (Lipinski definition) is 4. The van der Waals surface area contributed by atoms with Crippen LogP contribution in [0.25, 0.3) is 0 Å². The molecule has 2 rings (SSSR count). The molecule has 2 aromatic rings. The van der Waals surface area contributed by atoms with E-state index in [0.29, 0.717) is 18.9 Å². The average Bonchev–Trinajstić information content (AvgIpc) is 2.83. The fourth-order valence-corrected chi connectivity index (χ4v) is 2.39. The first-order chi connectivity index (χ1) is 11.3. The predicted molar refractivity (Wildman–Crippen MR) is 93.3 cm³/mol. The SMILES string of the molecule is Cc1noc(C)c1CC(=O)NCCOc1ccc(C(C)(C)C)cc1. The number of hydrogen-bond donors (Lipinski definition) is 1. The van der Waals surface area contributed by atoms with E-state index in [1.165, 1.54) is 5.56 Å². The molecule has 0 aliphatic carbocycles. The second kappa shape index (κ2) is 7.51. The molecule has 0 aliphatic rings. The summed E-state index contributed by atoms with van der Waals surface area (Å²) in [4.78, 5) is 11.9. The second-order valence-electron chi connectivity index (χ2n) is 6.95. The van der Waals surface area contributed by atoms with Gasteiger partial charge >= 0.3 is 0 Å². The Bertz CT molecular complexity index is 662. The lowest BCUT2D eigenvalue weighted by Crippen LogP contribution is -2.29. The van der Waals surface area contributed by atoms with Crippen LogP contribution >= 0.6 is 0 Å². The summed E-state index contributed by atoms with van der Waals surface area (Å²) in [5, 5.41) is 6.70. The Morgan fingerprint density at radius 2 is 1.88 bits per heavy atom. The van der Waals surface area contributed by atoms with Crippen molar-refractivity contribution in [2.75, 3.05) is 13.2 Å². The summed E-state index contributed by atoms with van der Waals surface area (Å²) in [7, 11) is 0. The molecule has 0 radical (unpaired) electrons. The number of aromatic nitrogens is 1. The zero-order valence-electron chi connectivity index (χ0n) is 15.1. The van der Waals surface area contributed by atoms with E-state index in [1.807, 2.05) is 26.0 Å². The fraction of sp³-hybridized carbons (Fsp3) is 0.474. The van der Waals surface area contributed by atoms with Gasteiger partial charge in [0.2, 0.25) is 5.91 Å². The highest BCUT2D eigenvalue weighted by Gasteiger charge is 2.14. The Morgan fingerprint density at radius 1 is 1.21 bits per heavy atom. The van der Waals surface area contributed by atoms with Crippen LogP contribution in [0.4, 0.5) is 0 Å². The van der Waals surface area contributed by atoms with Gasteiger partial charge in [0, 0.05) is 5.56 Å². The van der Waals surface area contributed by atoms with Crippen LogP contribution in [0.3, 0.4) is 0 Å². The van der Waals surface area contributed by atoms with Crippen LogP contribution in [-0.2, 0) is 16.6 Å². The number of nitrogens with one attached hydrogen (secondary N) is 1. The monoisotopic (exact) mass is 330 g/mol. The minimum Gasteiger partial charge on any atom is -0.492 e. The van der Waals surface area contributed by atoms with Crippen molar-refractivity contribution in [2.45, 2.75) is 46.5 Å². The predicted octanol–water partition coefficient (Wildman–Crippen LogP) is 3.33. The summed E-state index contributed by atoms with van der Waals surface area (Å²) in [5.74, 6) is 1.44. The van der Waals surface area contributed by atoms with Gasteiger partial charge < -0.3 is 14.6 Å². The molecule has 5 nitrogen and oxygen atoms in total. The summed E-state index contributed by atoms with van der Waals surface area (Å²) >= 11 is 0. The van der Waals surface area contributed by atoms with E-state index in [0.717, 1.165) is 17.0 Å². The summed E-state index contributed by atoms with van der Waals surface area (Å²) in [6.45, 7) is 11.1. The maximum absolute atomic E-state index is 11.9. The molecule has 1 aromatic heterocycles. The number of benzene rings is 1. The Morgan fingerprint density at radius 3 is 2.42 bits per heavy atom. The standard InChI is InChI=1S/C19H26N2O3/c1-13-17(14(2)24-21-13)12-18(22)20-10-11-23-16-8-6-15(7-9-16)19(3,4)5/h6-9H,10-12H2,1-5H3,(H,20,22). The van der Waals surface area contributed by atoms with Crippen LogP contribution in [0.2, 0.25) is 0 Å². The van der Waals surface area contributed by atoms with Gasteiger partial charge in [-0.2, -0.15) is 0 Å². The van der Waals surface area contributed by atoms with E-state index < -0.39 is 0 Å². The molecule has 1 heterocycles. The van der Waals surface area contributed by atoms with E-state index in [2.05, 4.69) is 43.4 Å². The van der Waals surface area contributed by atoms with Crippen molar-refractivity contribution in [2.24, 2.45) is 0 Å². The molecule has 0 atom stereocenters. The zero-order chi connectivity index (χ0) is 17.7. The largest absolute Gasteiger partial charge is 0.492 e. The highest BCUT2D eigenvalue weighted by atomic mass is 16.5. The molecule has 0 bridgehead atoms. The minimum atomic E-state index is -0.0592. The van der Waals surface area contributed by atoms with Gasteiger partial charge in [-0.05, 0) is 37.0 Å². The van der Waals surface area contributed by atoms with Crippen LogP contribution in [0.5, 0.6) is 5.75 Å². The average molecular weight is 330 g/mol. The third kappa shape index (κ3) is 4.85.